The monoisotopic (exact) mass is 206 g/mol. The Kier molecular flexibility index (Phi) is 2.49. The molecule has 0 bridgehead atoms. The number of rotatable bonds is 1. The number of hydrogen-bond donors (Lipinski definition) is 0. The molecule has 1 aliphatic heterocycles. The smallest absolute Gasteiger partial charge is 0.0703 e. The molecular formula is C10H10NP2. The maximum atomic E-state index is 4.36. The number of benzene rings is 1. The summed E-state index contributed by atoms with van der Waals surface area (Å²) < 4.78 is 0. The van der Waals surface area contributed by atoms with Crippen molar-refractivity contribution in [3.63, 3.8) is 0 Å². The van der Waals surface area contributed by atoms with Crippen LogP contribution in [0.4, 0.5) is 0 Å². The van der Waals surface area contributed by atoms with Gasteiger partial charge in [0, 0.05) is 5.31 Å². The molecule has 0 saturated carbocycles. The van der Waals surface area contributed by atoms with Crippen molar-refractivity contribution in [2.45, 2.75) is 13.8 Å². The van der Waals surface area contributed by atoms with E-state index in [1.54, 1.807) is 0 Å². The molecule has 1 nitrogen and oxygen atoms in total. The third kappa shape index (κ3) is 1.82. The fourth-order valence-electron chi connectivity index (χ4n) is 1.23. The van der Waals surface area contributed by atoms with Gasteiger partial charge in [-0.1, -0.05) is 29.8 Å². The summed E-state index contributed by atoms with van der Waals surface area (Å²) in [6.07, 6.45) is 0. The highest BCUT2D eigenvalue weighted by molar-refractivity contribution is 7.89. The van der Waals surface area contributed by atoms with E-state index < -0.39 is 0 Å². The molecule has 0 aliphatic carbocycles. The minimum absolute atomic E-state index is 1.16. The Bertz CT molecular complexity index is 376. The molecule has 0 aromatic heterocycles. The Morgan fingerprint density at radius 2 is 1.77 bits per heavy atom. The second kappa shape index (κ2) is 3.62. The van der Waals surface area contributed by atoms with Crippen molar-refractivity contribution in [1.29, 1.82) is 0 Å². The van der Waals surface area contributed by atoms with Crippen molar-refractivity contribution in [3.05, 3.63) is 41.1 Å². The van der Waals surface area contributed by atoms with Crippen molar-refractivity contribution >= 4 is 21.2 Å². The van der Waals surface area contributed by atoms with Crippen molar-refractivity contribution in [2.75, 3.05) is 0 Å². The molecule has 2 rings (SSSR count). The standard InChI is InChI=1S/C10H10NP2/c1-7-3-5-9(6-4-7)10-8(2)11-13-12-10/h3-6H,1-2H3. The molecule has 0 fully saturated rings. The zero-order valence-corrected chi connectivity index (χ0v) is 9.44. The van der Waals surface area contributed by atoms with Crippen molar-refractivity contribution in [2.24, 2.45) is 0 Å². The lowest BCUT2D eigenvalue weighted by atomic mass is 10.1. The molecule has 1 aromatic rings. The van der Waals surface area contributed by atoms with E-state index in [-0.39, 0.29) is 0 Å². The van der Waals surface area contributed by atoms with Gasteiger partial charge >= 0.3 is 0 Å². The normalized spacial score (nSPS) is 17.4. The second-order valence-electron chi connectivity index (χ2n) is 3.09. The molecule has 13 heavy (non-hydrogen) atoms. The summed E-state index contributed by atoms with van der Waals surface area (Å²) in [4.78, 5) is 0. The van der Waals surface area contributed by atoms with E-state index in [1.807, 2.05) is 0 Å². The molecule has 0 amide bonds. The summed E-state index contributed by atoms with van der Waals surface area (Å²) >= 11 is 0. The number of allylic oxidation sites excluding steroid dienone is 1. The van der Waals surface area contributed by atoms with Crippen LogP contribution in [0.2, 0.25) is 0 Å². The first-order chi connectivity index (χ1) is 6.27. The lowest BCUT2D eigenvalue weighted by molar-refractivity contribution is 1.21. The van der Waals surface area contributed by atoms with E-state index in [0.29, 0.717) is 0 Å². The van der Waals surface area contributed by atoms with Crippen LogP contribution in [0.3, 0.4) is 0 Å². The molecule has 3 heteroatoms. The van der Waals surface area contributed by atoms with Crippen LogP contribution in [0.1, 0.15) is 18.1 Å². The summed E-state index contributed by atoms with van der Waals surface area (Å²) in [7, 11) is 2.48. The van der Waals surface area contributed by atoms with Gasteiger partial charge in [-0.05, 0) is 27.3 Å². The van der Waals surface area contributed by atoms with Gasteiger partial charge in [0.25, 0.3) is 0 Å². The minimum Gasteiger partial charge on any atom is -0.227 e. The van der Waals surface area contributed by atoms with Crippen LogP contribution in [0.15, 0.2) is 30.0 Å². The van der Waals surface area contributed by atoms with Crippen LogP contribution in [-0.2, 0) is 0 Å². The zero-order chi connectivity index (χ0) is 9.26. The van der Waals surface area contributed by atoms with Gasteiger partial charge in [-0.2, -0.15) is 0 Å². The van der Waals surface area contributed by atoms with Crippen LogP contribution in [0.25, 0.3) is 5.31 Å². The Labute approximate surface area is 81.7 Å². The predicted octanol–water partition coefficient (Wildman–Crippen LogP) is 4.02. The lowest BCUT2D eigenvalue weighted by Crippen LogP contribution is -1.85. The van der Waals surface area contributed by atoms with E-state index in [2.05, 4.69) is 43.2 Å². The molecule has 65 valence electrons. The van der Waals surface area contributed by atoms with Gasteiger partial charge in [-0.15, -0.1) is 0 Å². The maximum Gasteiger partial charge on any atom is 0.0703 e. The van der Waals surface area contributed by atoms with Crippen LogP contribution in [0, 0.1) is 6.92 Å². The van der Waals surface area contributed by atoms with Crippen LogP contribution < -0.4 is 5.09 Å². The second-order valence-corrected chi connectivity index (χ2v) is 5.25. The van der Waals surface area contributed by atoms with E-state index >= 15 is 0 Å². The lowest BCUT2D eigenvalue weighted by Gasteiger charge is -2.00. The highest BCUT2D eigenvalue weighted by Gasteiger charge is 2.08. The summed E-state index contributed by atoms with van der Waals surface area (Å²) in [5, 5.41) is 5.73. The Balaban J connectivity index is 2.41. The first-order valence-corrected chi connectivity index (χ1v) is 6.62. The topological polar surface area (TPSA) is 14.1 Å². The predicted molar refractivity (Wildman–Crippen MR) is 59.7 cm³/mol. The van der Waals surface area contributed by atoms with Gasteiger partial charge in [0.2, 0.25) is 0 Å². The Morgan fingerprint density at radius 1 is 1.08 bits per heavy atom. The summed E-state index contributed by atoms with van der Waals surface area (Å²) in [6.45, 7) is 4.20. The Hall–Kier alpha value is -0.640. The average Bonchev–Trinajstić information content (AvgIpc) is 2.53. The third-order valence-electron chi connectivity index (χ3n) is 2.01. The number of hydrogen-bond acceptors (Lipinski definition) is 0. The molecule has 1 radical (unpaired) electrons. The van der Waals surface area contributed by atoms with Gasteiger partial charge in [0.1, 0.15) is 0 Å². The fourth-order valence-corrected chi connectivity index (χ4v) is 3.72. The van der Waals surface area contributed by atoms with Crippen LogP contribution in [-0.4, -0.2) is 0 Å². The van der Waals surface area contributed by atoms with Crippen molar-refractivity contribution in [1.82, 2.24) is 5.09 Å². The SMILES string of the molecule is CC1=C(c2ccc(C)cc2)P=P[N]1. The summed E-state index contributed by atoms with van der Waals surface area (Å²) in [5.74, 6) is 0. The van der Waals surface area contributed by atoms with Gasteiger partial charge in [-0.3, -0.25) is 0 Å². The molecular weight excluding hydrogens is 196 g/mol. The molecule has 1 aromatic carbocycles. The molecule has 0 unspecified atom stereocenters. The highest BCUT2D eigenvalue weighted by atomic mass is 31.7. The number of aryl methyl sites for hydroxylation is 1. The quantitative estimate of drug-likeness (QED) is 0.616. The first-order valence-electron chi connectivity index (χ1n) is 4.17. The largest absolute Gasteiger partial charge is 0.227 e. The molecule has 0 spiro atoms. The van der Waals surface area contributed by atoms with Gasteiger partial charge in [0.15, 0.2) is 0 Å². The molecule has 0 N–H and O–H groups in total. The Morgan fingerprint density at radius 3 is 2.31 bits per heavy atom. The minimum atomic E-state index is 1.16. The van der Waals surface area contributed by atoms with Gasteiger partial charge < -0.3 is 0 Å². The van der Waals surface area contributed by atoms with Crippen LogP contribution >= 0.6 is 15.9 Å². The van der Waals surface area contributed by atoms with Gasteiger partial charge in [0.05, 0.1) is 13.7 Å². The first kappa shape index (κ1) is 8.94. The fraction of sp³-hybridized carbons (Fsp3) is 0.200. The van der Waals surface area contributed by atoms with E-state index in [1.165, 1.54) is 30.0 Å². The summed E-state index contributed by atoms with van der Waals surface area (Å²) in [6, 6.07) is 8.66. The summed E-state index contributed by atoms with van der Waals surface area (Å²) in [5.41, 5.74) is 3.82. The molecule has 1 aliphatic rings. The zero-order valence-electron chi connectivity index (χ0n) is 7.65. The van der Waals surface area contributed by atoms with E-state index in [0.717, 1.165) is 8.02 Å². The van der Waals surface area contributed by atoms with E-state index in [4.69, 9.17) is 0 Å². The third-order valence-corrected chi connectivity index (χ3v) is 4.40. The van der Waals surface area contributed by atoms with Crippen molar-refractivity contribution < 1.29 is 0 Å². The highest BCUT2D eigenvalue weighted by Crippen LogP contribution is 2.41. The molecule has 0 atom stereocenters. The van der Waals surface area contributed by atoms with Crippen LogP contribution in [0.5, 0.6) is 0 Å². The van der Waals surface area contributed by atoms with Gasteiger partial charge in [-0.25, -0.2) is 5.09 Å². The maximum absolute atomic E-state index is 4.36. The van der Waals surface area contributed by atoms with Crippen molar-refractivity contribution in [3.8, 4) is 0 Å². The van der Waals surface area contributed by atoms with E-state index in [9.17, 15) is 0 Å². The number of nitrogens with zero attached hydrogens (tertiary/aromatic N) is 1. The molecule has 0 saturated heterocycles. The average molecular weight is 206 g/mol. The molecule has 1 heterocycles.